The molecule has 2 amide bonds. The molecule has 2 aliphatic rings. The Morgan fingerprint density at radius 3 is 2.74 bits per heavy atom. The van der Waals surface area contributed by atoms with Crippen LogP contribution < -0.4 is 20.7 Å². The maximum atomic E-state index is 13.0. The smallest absolute Gasteiger partial charge is 0.370 e. The zero-order valence-electron chi connectivity index (χ0n) is 19.9. The minimum Gasteiger partial charge on any atom is -0.543 e. The molecule has 16 heteroatoms. The van der Waals surface area contributed by atoms with Gasteiger partial charge in [-0.1, -0.05) is 5.16 Å². The second-order valence-corrected chi connectivity index (χ2v) is 11.0. The Bertz CT molecular complexity index is 1330. The van der Waals surface area contributed by atoms with Crippen LogP contribution in [0.25, 0.3) is 0 Å². The molecule has 200 valence electrons. The first-order valence-corrected chi connectivity index (χ1v) is 14.0. The van der Waals surface area contributed by atoms with Crippen molar-refractivity contribution in [1.82, 2.24) is 15.2 Å². The number of nitrogens with zero attached hydrogens (tertiary/aromatic N) is 4. The third-order valence-electron chi connectivity index (χ3n) is 5.38. The van der Waals surface area contributed by atoms with Gasteiger partial charge >= 0.3 is 5.97 Å². The molecule has 0 aromatic carbocycles. The molecule has 0 bridgehead atoms. The fourth-order valence-corrected chi connectivity index (χ4v) is 6.61. The van der Waals surface area contributed by atoms with Crippen LogP contribution in [0.3, 0.4) is 0 Å². The zero-order valence-corrected chi connectivity index (χ0v) is 22.3. The van der Waals surface area contributed by atoms with E-state index in [1.54, 1.807) is 31.5 Å². The van der Waals surface area contributed by atoms with Crippen LogP contribution in [0.4, 0.5) is 5.13 Å². The molecule has 0 spiro atoms. The number of thiazole rings is 1. The van der Waals surface area contributed by atoms with Crippen molar-refractivity contribution in [3.05, 3.63) is 46.9 Å². The number of aliphatic carboxylic acids is 2. The quantitative estimate of drug-likeness (QED) is 0.0978. The summed E-state index contributed by atoms with van der Waals surface area (Å²) < 4.78 is 1.50. The zero-order chi connectivity index (χ0) is 27.4. The van der Waals surface area contributed by atoms with Gasteiger partial charge in [-0.05, 0) is 12.5 Å². The lowest BCUT2D eigenvalue weighted by molar-refractivity contribution is -0.686. The van der Waals surface area contributed by atoms with Gasteiger partial charge in [-0.3, -0.25) is 14.5 Å². The molecule has 0 unspecified atom stereocenters. The topological polar surface area (TPSA) is 191 Å². The van der Waals surface area contributed by atoms with E-state index in [9.17, 15) is 24.3 Å². The van der Waals surface area contributed by atoms with Crippen molar-refractivity contribution in [1.29, 1.82) is 0 Å². The lowest BCUT2D eigenvalue weighted by atomic mass is 10.0. The summed E-state index contributed by atoms with van der Waals surface area (Å²) in [5, 5.41) is 28.5. The number of nitrogens with one attached hydrogen (secondary N) is 1. The van der Waals surface area contributed by atoms with Gasteiger partial charge in [-0.2, -0.15) is 4.57 Å². The molecule has 38 heavy (non-hydrogen) atoms. The molecule has 4 N–H and O–H groups in total. The highest BCUT2D eigenvalue weighted by Gasteiger charge is 2.53. The first-order valence-electron chi connectivity index (χ1n) is 11.1. The monoisotopic (exact) mass is 578 g/mol. The van der Waals surface area contributed by atoms with Crippen LogP contribution >= 0.6 is 34.9 Å². The van der Waals surface area contributed by atoms with E-state index >= 15 is 0 Å². The standard InChI is InChI=1S/C22H22N6O7S3/c1-2-35-26-15(13-10-38-22(23)24-13)18(31)25-16-19(32)28-17(21(33)34)11(9-37-20(16)28)8-36-12-3-5-27(6-4-12)7-14(29)30/h3-6,10,16,20H,2,7-9H2,1H3,(H4-,23,24,25,29,30,31,33,34)/b26-15-/t16-,20-/m1/s1. The van der Waals surface area contributed by atoms with Gasteiger partial charge in [0.2, 0.25) is 6.54 Å². The van der Waals surface area contributed by atoms with Gasteiger partial charge < -0.3 is 30.9 Å². The highest BCUT2D eigenvalue weighted by Crippen LogP contribution is 2.41. The highest BCUT2D eigenvalue weighted by atomic mass is 32.2. The van der Waals surface area contributed by atoms with Gasteiger partial charge in [0.05, 0.1) is 11.7 Å². The lowest BCUT2D eigenvalue weighted by Crippen LogP contribution is -2.71. The van der Waals surface area contributed by atoms with Gasteiger partial charge in [-0.15, -0.1) is 34.9 Å². The Labute approximate surface area is 228 Å². The predicted molar refractivity (Wildman–Crippen MR) is 137 cm³/mol. The Kier molecular flexibility index (Phi) is 8.53. The van der Waals surface area contributed by atoms with Crippen LogP contribution in [0.2, 0.25) is 0 Å². The largest absolute Gasteiger partial charge is 0.543 e. The summed E-state index contributed by atoms with van der Waals surface area (Å²) in [5.74, 6) is -3.14. The third-order valence-corrected chi connectivity index (χ3v) is 8.50. The number of β-lactam (4-membered cyclic amide) rings is 1. The van der Waals surface area contributed by atoms with E-state index in [1.807, 2.05) is 0 Å². The van der Waals surface area contributed by atoms with Gasteiger partial charge in [0.1, 0.15) is 23.7 Å². The number of nitrogen functional groups attached to an aromatic ring is 1. The summed E-state index contributed by atoms with van der Waals surface area (Å²) in [7, 11) is 0. The van der Waals surface area contributed by atoms with Crippen LogP contribution in [-0.4, -0.2) is 74.0 Å². The number of carboxylic acid groups (broad SMARTS) is 2. The van der Waals surface area contributed by atoms with Gasteiger partial charge in [-0.25, -0.2) is 9.78 Å². The molecule has 0 saturated carbocycles. The number of hydrogen-bond acceptors (Lipinski definition) is 12. The van der Waals surface area contributed by atoms with Crippen molar-refractivity contribution in [3.8, 4) is 0 Å². The summed E-state index contributed by atoms with van der Waals surface area (Å²) in [4.78, 5) is 59.8. The Hall–Kier alpha value is -3.63. The number of carboxylic acids is 2. The first-order chi connectivity index (χ1) is 18.2. The van der Waals surface area contributed by atoms with Crippen molar-refractivity contribution < 1.29 is 38.8 Å². The number of thioether (sulfide) groups is 2. The van der Waals surface area contributed by atoms with Crippen LogP contribution in [0.5, 0.6) is 0 Å². The van der Waals surface area contributed by atoms with Gasteiger partial charge in [0, 0.05) is 33.9 Å². The summed E-state index contributed by atoms with van der Waals surface area (Å²) in [6.07, 6.45) is 3.23. The molecule has 4 heterocycles. The van der Waals surface area contributed by atoms with Gasteiger partial charge in [0.25, 0.3) is 11.8 Å². The second-order valence-electron chi connectivity index (χ2n) is 7.92. The van der Waals surface area contributed by atoms with Crippen LogP contribution in [0.1, 0.15) is 12.6 Å². The second kappa shape index (κ2) is 11.8. The summed E-state index contributed by atoms with van der Waals surface area (Å²) in [5.41, 5.74) is 6.01. The van der Waals surface area contributed by atoms with E-state index in [4.69, 9.17) is 15.7 Å². The predicted octanol–water partition coefficient (Wildman–Crippen LogP) is -0.966. The summed E-state index contributed by atoms with van der Waals surface area (Å²) in [6.45, 7) is 1.73. The number of hydrogen-bond donors (Lipinski definition) is 3. The molecule has 0 aliphatic carbocycles. The normalized spacial score (nSPS) is 19.0. The van der Waals surface area contributed by atoms with Crippen molar-refractivity contribution in [3.63, 3.8) is 0 Å². The molecule has 2 atom stereocenters. The number of oxime groups is 1. The fraction of sp³-hybridized carbons (Fsp3) is 0.318. The maximum absolute atomic E-state index is 13.0. The number of anilines is 1. The molecule has 1 saturated heterocycles. The molecule has 2 aliphatic heterocycles. The molecule has 2 aromatic heterocycles. The Morgan fingerprint density at radius 1 is 1.39 bits per heavy atom. The Morgan fingerprint density at radius 2 is 2.13 bits per heavy atom. The summed E-state index contributed by atoms with van der Waals surface area (Å²) >= 11 is 3.79. The first kappa shape index (κ1) is 27.4. The third kappa shape index (κ3) is 5.92. The van der Waals surface area contributed by atoms with Crippen molar-refractivity contribution >= 4 is 69.5 Å². The fourth-order valence-electron chi connectivity index (χ4n) is 3.69. The Balaban J connectivity index is 1.45. The molecule has 1 fully saturated rings. The number of fused-ring (bicyclic) bond motifs is 1. The number of pyridine rings is 1. The van der Waals surface area contributed by atoms with E-state index in [0.29, 0.717) is 11.3 Å². The average Bonchev–Trinajstić information content (AvgIpc) is 3.31. The highest BCUT2D eigenvalue weighted by molar-refractivity contribution is 8.01. The van der Waals surface area contributed by atoms with Crippen molar-refractivity contribution in [2.75, 3.05) is 23.8 Å². The van der Waals surface area contributed by atoms with Crippen molar-refractivity contribution in [2.45, 2.75) is 29.8 Å². The van der Waals surface area contributed by atoms with E-state index in [-0.39, 0.29) is 41.1 Å². The molecule has 4 rings (SSSR count). The van der Waals surface area contributed by atoms with E-state index in [0.717, 1.165) is 21.1 Å². The number of amides is 2. The molecular formula is C22H22N6O7S3. The average molecular weight is 579 g/mol. The van der Waals surface area contributed by atoms with Crippen LogP contribution in [0.15, 0.2) is 51.2 Å². The number of nitrogens with two attached hydrogens (primary N) is 1. The van der Waals surface area contributed by atoms with Gasteiger partial charge in [0.15, 0.2) is 23.2 Å². The maximum Gasteiger partial charge on any atom is 0.370 e. The lowest BCUT2D eigenvalue weighted by Gasteiger charge is -2.50. The molecule has 2 aromatic rings. The van der Waals surface area contributed by atoms with Crippen LogP contribution in [-0.2, 0) is 30.6 Å². The molecular weight excluding hydrogens is 556 g/mol. The van der Waals surface area contributed by atoms with E-state index < -0.39 is 35.2 Å². The van der Waals surface area contributed by atoms with Crippen molar-refractivity contribution in [2.24, 2.45) is 5.16 Å². The molecule has 0 radical (unpaired) electrons. The number of aromatic nitrogens is 2. The SMILES string of the molecule is CCO/N=C(\C(=O)N[C@@H]1C(=O)N2C(C(=O)[O-])=C(CSc3cc[n+](CC(=O)O)cc3)CS[C@H]12)c1csc(N)n1. The number of rotatable bonds is 11. The minimum absolute atomic E-state index is 0.146. The molecule has 13 nitrogen and oxygen atoms in total. The summed E-state index contributed by atoms with van der Waals surface area (Å²) in [6, 6.07) is 2.48. The van der Waals surface area contributed by atoms with E-state index in [2.05, 4.69) is 15.5 Å². The minimum atomic E-state index is -1.48. The number of carbonyl (C=O) groups is 4. The van der Waals surface area contributed by atoms with Crippen LogP contribution in [0, 0.1) is 0 Å². The number of carbonyl (C=O) groups excluding carboxylic acids is 3. The van der Waals surface area contributed by atoms with E-state index in [1.165, 1.54) is 33.5 Å².